The Labute approximate surface area is 506 Å². The molecule has 6 nitrogen and oxygen atoms in total. The summed E-state index contributed by atoms with van der Waals surface area (Å²) in [6, 6.07) is 0. The van der Waals surface area contributed by atoms with E-state index < -0.39 is 6.10 Å². The van der Waals surface area contributed by atoms with Crippen LogP contribution in [0.5, 0.6) is 0 Å². The molecule has 1 unspecified atom stereocenters. The van der Waals surface area contributed by atoms with E-state index in [2.05, 4.69) is 57.2 Å². The molecule has 0 amide bonds. The van der Waals surface area contributed by atoms with Crippen molar-refractivity contribution in [2.24, 2.45) is 0 Å². The maximum atomic E-state index is 12.9. The van der Waals surface area contributed by atoms with Crippen LogP contribution in [0.15, 0.2) is 36.5 Å². The zero-order valence-electron chi connectivity index (χ0n) is 54.8. The molecule has 0 aromatic heterocycles. The molecule has 0 aliphatic heterocycles. The Balaban J connectivity index is 4.17. The summed E-state index contributed by atoms with van der Waals surface area (Å²) in [5.41, 5.74) is 0. The molecule has 0 aromatic rings. The zero-order chi connectivity index (χ0) is 58.5. The molecular formula is C75H140O6. The molecule has 81 heavy (non-hydrogen) atoms. The van der Waals surface area contributed by atoms with E-state index in [-0.39, 0.29) is 31.1 Å². The first-order valence-corrected chi connectivity index (χ1v) is 36.5. The summed E-state index contributed by atoms with van der Waals surface area (Å²) in [6.07, 6.45) is 87.6. The third kappa shape index (κ3) is 68.3. The molecule has 0 aromatic carbocycles. The highest BCUT2D eigenvalue weighted by Gasteiger charge is 2.19. The van der Waals surface area contributed by atoms with Gasteiger partial charge >= 0.3 is 17.9 Å². The molecule has 0 heterocycles. The van der Waals surface area contributed by atoms with Crippen LogP contribution in [0, 0.1) is 0 Å². The molecule has 0 spiro atoms. The van der Waals surface area contributed by atoms with E-state index in [0.29, 0.717) is 19.3 Å². The zero-order valence-corrected chi connectivity index (χ0v) is 54.8. The van der Waals surface area contributed by atoms with Crippen LogP contribution >= 0.6 is 0 Å². The first-order chi connectivity index (χ1) is 40.0. The monoisotopic (exact) mass is 1140 g/mol. The highest BCUT2D eigenvalue weighted by atomic mass is 16.6. The van der Waals surface area contributed by atoms with Crippen molar-refractivity contribution in [3.8, 4) is 0 Å². The number of hydrogen-bond donors (Lipinski definition) is 0. The Hall–Kier alpha value is -2.37. The predicted octanol–water partition coefficient (Wildman–Crippen LogP) is 25.1. The van der Waals surface area contributed by atoms with Crippen molar-refractivity contribution in [1.29, 1.82) is 0 Å². The van der Waals surface area contributed by atoms with Crippen molar-refractivity contribution >= 4 is 17.9 Å². The molecule has 1 atom stereocenters. The molecular weight excluding hydrogens is 997 g/mol. The van der Waals surface area contributed by atoms with Gasteiger partial charge in [-0.2, -0.15) is 0 Å². The molecule has 0 rings (SSSR count). The fourth-order valence-corrected chi connectivity index (χ4v) is 11.1. The van der Waals surface area contributed by atoms with Crippen LogP contribution < -0.4 is 0 Å². The van der Waals surface area contributed by atoms with Gasteiger partial charge in [0.05, 0.1) is 0 Å². The lowest BCUT2D eigenvalue weighted by molar-refractivity contribution is -0.167. The Kier molecular flexibility index (Phi) is 68.1. The van der Waals surface area contributed by atoms with Crippen molar-refractivity contribution in [1.82, 2.24) is 0 Å². The first kappa shape index (κ1) is 78.6. The van der Waals surface area contributed by atoms with Crippen LogP contribution in [0.4, 0.5) is 0 Å². The van der Waals surface area contributed by atoms with Gasteiger partial charge in [-0.15, -0.1) is 0 Å². The smallest absolute Gasteiger partial charge is 0.306 e. The molecule has 476 valence electrons. The average molecular weight is 1140 g/mol. The Morgan fingerprint density at radius 1 is 0.247 bits per heavy atom. The predicted molar refractivity (Wildman–Crippen MR) is 353 cm³/mol. The van der Waals surface area contributed by atoms with E-state index >= 15 is 0 Å². The third-order valence-corrected chi connectivity index (χ3v) is 16.6. The second-order valence-corrected chi connectivity index (χ2v) is 24.9. The molecule has 0 fully saturated rings. The number of unbranched alkanes of at least 4 members (excludes halogenated alkanes) is 51. The summed E-state index contributed by atoms with van der Waals surface area (Å²) in [5.74, 6) is -0.855. The van der Waals surface area contributed by atoms with Crippen LogP contribution in [0.1, 0.15) is 406 Å². The van der Waals surface area contributed by atoms with E-state index in [9.17, 15) is 14.4 Å². The largest absolute Gasteiger partial charge is 0.462 e. The number of carbonyl (C=O) groups is 3. The molecule has 6 heteroatoms. The lowest BCUT2D eigenvalue weighted by Gasteiger charge is -2.18. The summed E-state index contributed by atoms with van der Waals surface area (Å²) >= 11 is 0. The lowest BCUT2D eigenvalue weighted by atomic mass is 10.0. The van der Waals surface area contributed by atoms with Crippen LogP contribution in [-0.4, -0.2) is 37.2 Å². The summed E-state index contributed by atoms with van der Waals surface area (Å²) < 4.78 is 17.0. The number of ether oxygens (including phenoxy) is 3. The van der Waals surface area contributed by atoms with Crippen molar-refractivity contribution in [3.05, 3.63) is 36.5 Å². The van der Waals surface area contributed by atoms with Gasteiger partial charge in [0.25, 0.3) is 0 Å². The average Bonchev–Trinajstić information content (AvgIpc) is 3.47. The fraction of sp³-hybridized carbons (Fsp3) is 0.880. The van der Waals surface area contributed by atoms with Crippen molar-refractivity contribution in [3.63, 3.8) is 0 Å². The molecule has 0 aliphatic rings. The third-order valence-electron chi connectivity index (χ3n) is 16.6. The van der Waals surface area contributed by atoms with E-state index in [1.807, 2.05) is 0 Å². The Morgan fingerprint density at radius 3 is 0.704 bits per heavy atom. The van der Waals surface area contributed by atoms with Gasteiger partial charge in [0.15, 0.2) is 6.10 Å². The molecule has 0 bridgehead atoms. The van der Waals surface area contributed by atoms with Gasteiger partial charge < -0.3 is 14.2 Å². The van der Waals surface area contributed by atoms with Crippen LogP contribution in [0.3, 0.4) is 0 Å². The number of allylic oxidation sites excluding steroid dienone is 6. The summed E-state index contributed by atoms with van der Waals surface area (Å²) in [5, 5.41) is 0. The molecule has 0 saturated carbocycles. The minimum Gasteiger partial charge on any atom is -0.462 e. The molecule has 0 saturated heterocycles. The Bertz CT molecular complexity index is 1350. The Morgan fingerprint density at radius 2 is 0.444 bits per heavy atom. The highest BCUT2D eigenvalue weighted by Crippen LogP contribution is 2.19. The van der Waals surface area contributed by atoms with Gasteiger partial charge in [-0.1, -0.05) is 346 Å². The van der Waals surface area contributed by atoms with E-state index in [0.717, 1.165) is 77.0 Å². The van der Waals surface area contributed by atoms with Crippen LogP contribution in [0.2, 0.25) is 0 Å². The molecule has 0 radical (unpaired) electrons. The SMILES string of the molecule is CCCCCC/C=C\C/C=C\CCCCCCCC(=O)OC(COC(=O)CCCCCCCCCCCCCCCCCC)COC(=O)CCCCCCCCCCCCCCCCCCCCC/C=C\CCCCCCCCCC. The molecule has 0 N–H and O–H groups in total. The van der Waals surface area contributed by atoms with Gasteiger partial charge in [0, 0.05) is 19.3 Å². The van der Waals surface area contributed by atoms with Gasteiger partial charge in [-0.3, -0.25) is 14.4 Å². The molecule has 0 aliphatic carbocycles. The lowest BCUT2D eigenvalue weighted by Crippen LogP contribution is -2.30. The van der Waals surface area contributed by atoms with Crippen molar-refractivity contribution in [2.45, 2.75) is 412 Å². The number of hydrogen-bond acceptors (Lipinski definition) is 6. The quantitative estimate of drug-likeness (QED) is 0.0261. The second kappa shape index (κ2) is 70.1. The van der Waals surface area contributed by atoms with Crippen molar-refractivity contribution in [2.75, 3.05) is 13.2 Å². The maximum absolute atomic E-state index is 12.9. The minimum absolute atomic E-state index is 0.0721. The van der Waals surface area contributed by atoms with E-state index in [1.54, 1.807) is 0 Å². The topological polar surface area (TPSA) is 78.9 Å². The summed E-state index contributed by atoms with van der Waals surface area (Å²) in [6.45, 7) is 6.69. The van der Waals surface area contributed by atoms with Gasteiger partial charge in [0.2, 0.25) is 0 Å². The van der Waals surface area contributed by atoms with Gasteiger partial charge in [0.1, 0.15) is 13.2 Å². The standard InChI is InChI=1S/C75H140O6/c1-4-7-10-13-16-19-22-25-28-31-32-33-34-35-36-37-38-39-40-41-42-43-44-45-48-50-53-56-59-62-65-68-74(77)80-71-72(81-75(78)69-66-63-60-57-54-51-47-30-27-24-21-18-15-12-9-6-3)70-79-73(76)67-64-61-58-55-52-49-46-29-26-23-20-17-14-11-8-5-2/h21,24,30-32,47,72H,4-20,22-23,25-29,33-46,48-71H2,1-3H3/b24-21-,32-31-,47-30-. The van der Waals surface area contributed by atoms with Crippen LogP contribution in [-0.2, 0) is 28.6 Å². The number of esters is 3. The second-order valence-electron chi connectivity index (χ2n) is 24.9. The number of carbonyl (C=O) groups excluding carboxylic acids is 3. The number of rotatable bonds is 68. The van der Waals surface area contributed by atoms with E-state index in [4.69, 9.17) is 14.2 Å². The first-order valence-electron chi connectivity index (χ1n) is 36.5. The summed E-state index contributed by atoms with van der Waals surface area (Å²) in [7, 11) is 0. The normalized spacial score (nSPS) is 12.2. The highest BCUT2D eigenvalue weighted by molar-refractivity contribution is 5.71. The van der Waals surface area contributed by atoms with Gasteiger partial charge in [-0.05, 0) is 77.0 Å². The maximum Gasteiger partial charge on any atom is 0.306 e. The fourth-order valence-electron chi connectivity index (χ4n) is 11.1. The minimum atomic E-state index is -0.777. The van der Waals surface area contributed by atoms with Crippen LogP contribution in [0.25, 0.3) is 0 Å². The van der Waals surface area contributed by atoms with E-state index in [1.165, 1.54) is 289 Å². The van der Waals surface area contributed by atoms with Crippen molar-refractivity contribution < 1.29 is 28.6 Å². The van der Waals surface area contributed by atoms with Gasteiger partial charge in [-0.25, -0.2) is 0 Å². The summed E-state index contributed by atoms with van der Waals surface area (Å²) in [4.78, 5) is 38.4.